The first-order valence-corrected chi connectivity index (χ1v) is 6.36. The SMILES string of the molecule is CCOC(=O)CC(=O)c1cc2ccc(OC)cc2oc1=O. The first kappa shape index (κ1) is 14.8. The second-order valence-corrected chi connectivity index (χ2v) is 4.26. The highest BCUT2D eigenvalue weighted by molar-refractivity contribution is 6.06. The molecule has 0 radical (unpaired) electrons. The van der Waals surface area contributed by atoms with E-state index in [0.29, 0.717) is 16.7 Å². The summed E-state index contributed by atoms with van der Waals surface area (Å²) < 4.78 is 14.8. The van der Waals surface area contributed by atoms with Crippen LogP contribution in [0.5, 0.6) is 5.75 Å². The number of fused-ring (bicyclic) bond motifs is 1. The number of ether oxygens (including phenoxy) is 2. The molecule has 1 aromatic heterocycles. The predicted octanol–water partition coefficient (Wildman–Crippen LogP) is 1.94. The molecule has 0 amide bonds. The molecule has 21 heavy (non-hydrogen) atoms. The van der Waals surface area contributed by atoms with Crippen LogP contribution in [0.1, 0.15) is 23.7 Å². The Kier molecular flexibility index (Phi) is 4.37. The molecule has 0 atom stereocenters. The van der Waals surface area contributed by atoms with Gasteiger partial charge in [0.15, 0.2) is 5.78 Å². The third kappa shape index (κ3) is 3.28. The van der Waals surface area contributed by atoms with Gasteiger partial charge in [0.1, 0.15) is 23.3 Å². The van der Waals surface area contributed by atoms with Gasteiger partial charge in [-0.1, -0.05) is 0 Å². The molecule has 2 aromatic rings. The van der Waals surface area contributed by atoms with E-state index in [9.17, 15) is 14.4 Å². The molecular formula is C15H14O6. The molecule has 2 rings (SSSR count). The summed E-state index contributed by atoms with van der Waals surface area (Å²) in [4.78, 5) is 35.1. The number of esters is 1. The van der Waals surface area contributed by atoms with Gasteiger partial charge in [0.25, 0.3) is 0 Å². The van der Waals surface area contributed by atoms with Crippen LogP contribution < -0.4 is 10.4 Å². The first-order chi connectivity index (χ1) is 10.0. The lowest BCUT2D eigenvalue weighted by Crippen LogP contribution is -2.18. The van der Waals surface area contributed by atoms with Gasteiger partial charge in [0, 0.05) is 11.5 Å². The summed E-state index contributed by atoms with van der Waals surface area (Å²) in [5.74, 6) is -0.757. The van der Waals surface area contributed by atoms with Crippen LogP contribution in [0.4, 0.5) is 0 Å². The van der Waals surface area contributed by atoms with Crippen LogP contribution in [-0.4, -0.2) is 25.5 Å². The van der Waals surface area contributed by atoms with Crippen LogP contribution in [0.3, 0.4) is 0 Å². The molecule has 0 spiro atoms. The fourth-order valence-corrected chi connectivity index (χ4v) is 1.85. The van der Waals surface area contributed by atoms with Crippen molar-refractivity contribution in [3.63, 3.8) is 0 Å². The highest BCUT2D eigenvalue weighted by Gasteiger charge is 2.18. The summed E-state index contributed by atoms with van der Waals surface area (Å²) in [5, 5.41) is 0.572. The van der Waals surface area contributed by atoms with Crippen molar-refractivity contribution in [2.24, 2.45) is 0 Å². The Hall–Kier alpha value is -2.63. The first-order valence-electron chi connectivity index (χ1n) is 6.36. The van der Waals surface area contributed by atoms with Crippen LogP contribution in [0, 0.1) is 0 Å². The molecule has 0 bridgehead atoms. The van der Waals surface area contributed by atoms with Gasteiger partial charge in [0.05, 0.1) is 13.7 Å². The fraction of sp³-hybridized carbons (Fsp3) is 0.267. The number of Topliss-reactive ketones (excluding diaryl/α,β-unsaturated/α-hetero) is 1. The molecule has 110 valence electrons. The van der Waals surface area contributed by atoms with Gasteiger partial charge in [-0.15, -0.1) is 0 Å². The maximum absolute atomic E-state index is 11.9. The van der Waals surface area contributed by atoms with Crippen molar-refractivity contribution in [1.82, 2.24) is 0 Å². The Bertz CT molecular complexity index is 743. The highest BCUT2D eigenvalue weighted by Crippen LogP contribution is 2.20. The van der Waals surface area contributed by atoms with Gasteiger partial charge < -0.3 is 13.9 Å². The zero-order chi connectivity index (χ0) is 15.4. The van der Waals surface area contributed by atoms with Crippen molar-refractivity contribution in [2.75, 3.05) is 13.7 Å². The summed E-state index contributed by atoms with van der Waals surface area (Å²) in [6.45, 7) is 1.82. The zero-order valence-electron chi connectivity index (χ0n) is 11.7. The van der Waals surface area contributed by atoms with Gasteiger partial charge in [-0.3, -0.25) is 9.59 Å². The van der Waals surface area contributed by atoms with E-state index in [1.54, 1.807) is 25.1 Å². The lowest BCUT2D eigenvalue weighted by molar-refractivity contribution is -0.141. The van der Waals surface area contributed by atoms with E-state index in [-0.39, 0.29) is 12.2 Å². The minimum Gasteiger partial charge on any atom is -0.497 e. The number of rotatable bonds is 5. The standard InChI is InChI=1S/C15H14O6/c1-3-20-14(17)8-12(16)11-6-9-4-5-10(19-2)7-13(9)21-15(11)18/h4-7H,3,8H2,1-2H3. The van der Waals surface area contributed by atoms with Gasteiger partial charge in [-0.25, -0.2) is 4.79 Å². The molecule has 0 aliphatic rings. The third-order valence-corrected chi connectivity index (χ3v) is 2.85. The van der Waals surface area contributed by atoms with Gasteiger partial charge in [0.2, 0.25) is 0 Å². The van der Waals surface area contributed by atoms with E-state index in [1.807, 2.05) is 0 Å². The largest absolute Gasteiger partial charge is 0.497 e. The number of ketones is 1. The number of hydrogen-bond donors (Lipinski definition) is 0. The van der Waals surface area contributed by atoms with Gasteiger partial charge in [-0.2, -0.15) is 0 Å². The summed E-state index contributed by atoms with van der Waals surface area (Å²) >= 11 is 0. The summed E-state index contributed by atoms with van der Waals surface area (Å²) in [6, 6.07) is 6.30. The maximum atomic E-state index is 11.9. The molecule has 0 saturated heterocycles. The van der Waals surface area contributed by atoms with Crippen molar-refractivity contribution in [2.45, 2.75) is 13.3 Å². The third-order valence-electron chi connectivity index (χ3n) is 2.85. The van der Waals surface area contributed by atoms with Crippen molar-refractivity contribution < 1.29 is 23.5 Å². The van der Waals surface area contributed by atoms with E-state index >= 15 is 0 Å². The average molecular weight is 290 g/mol. The van der Waals surface area contributed by atoms with Gasteiger partial charge in [-0.05, 0) is 25.1 Å². The molecule has 0 fully saturated rings. The number of hydrogen-bond acceptors (Lipinski definition) is 6. The highest BCUT2D eigenvalue weighted by atomic mass is 16.5. The van der Waals surface area contributed by atoms with Gasteiger partial charge >= 0.3 is 11.6 Å². The molecular weight excluding hydrogens is 276 g/mol. The number of methoxy groups -OCH3 is 1. The Morgan fingerprint density at radius 1 is 1.24 bits per heavy atom. The molecule has 0 unspecified atom stereocenters. The predicted molar refractivity (Wildman–Crippen MR) is 74.6 cm³/mol. The Labute approximate surface area is 120 Å². The molecule has 1 aromatic carbocycles. The minimum atomic E-state index is -0.787. The molecule has 6 nitrogen and oxygen atoms in total. The lowest BCUT2D eigenvalue weighted by atomic mass is 10.1. The van der Waals surface area contributed by atoms with Crippen LogP contribution in [0.25, 0.3) is 11.0 Å². The quantitative estimate of drug-likeness (QED) is 0.362. The fourth-order valence-electron chi connectivity index (χ4n) is 1.85. The van der Waals surface area contributed by atoms with Crippen molar-refractivity contribution in [3.8, 4) is 5.75 Å². The second kappa shape index (κ2) is 6.21. The monoisotopic (exact) mass is 290 g/mol. The normalized spacial score (nSPS) is 10.4. The topological polar surface area (TPSA) is 82.8 Å². The number of carbonyl (C=O) groups is 2. The van der Waals surface area contributed by atoms with Crippen LogP contribution in [0.2, 0.25) is 0 Å². The lowest BCUT2D eigenvalue weighted by Gasteiger charge is -2.04. The van der Waals surface area contributed by atoms with Crippen LogP contribution in [0.15, 0.2) is 33.5 Å². The Morgan fingerprint density at radius 2 is 2.00 bits per heavy atom. The summed E-state index contributed by atoms with van der Waals surface area (Å²) in [6.07, 6.45) is -0.486. The smallest absolute Gasteiger partial charge is 0.347 e. The Morgan fingerprint density at radius 3 is 2.67 bits per heavy atom. The molecule has 0 aliphatic carbocycles. The summed E-state index contributed by atoms with van der Waals surface area (Å²) in [5.41, 5.74) is -0.641. The second-order valence-electron chi connectivity index (χ2n) is 4.26. The van der Waals surface area contributed by atoms with Crippen molar-refractivity contribution >= 4 is 22.7 Å². The number of carbonyl (C=O) groups excluding carboxylic acids is 2. The summed E-state index contributed by atoms with van der Waals surface area (Å²) in [7, 11) is 1.50. The minimum absolute atomic E-state index is 0.166. The van der Waals surface area contributed by atoms with Crippen LogP contribution in [-0.2, 0) is 9.53 Å². The molecule has 0 N–H and O–H groups in total. The van der Waals surface area contributed by atoms with E-state index in [2.05, 4.69) is 4.74 Å². The molecule has 0 saturated carbocycles. The average Bonchev–Trinajstić information content (AvgIpc) is 2.45. The molecule has 1 heterocycles. The molecule has 6 heteroatoms. The van der Waals surface area contributed by atoms with Crippen LogP contribution >= 0.6 is 0 Å². The Balaban J connectivity index is 2.37. The van der Waals surface area contributed by atoms with E-state index in [0.717, 1.165) is 0 Å². The van der Waals surface area contributed by atoms with E-state index in [1.165, 1.54) is 13.2 Å². The van der Waals surface area contributed by atoms with E-state index < -0.39 is 23.8 Å². The van der Waals surface area contributed by atoms with E-state index in [4.69, 9.17) is 9.15 Å². The molecule has 0 aliphatic heterocycles. The van der Waals surface area contributed by atoms with Crippen molar-refractivity contribution in [3.05, 3.63) is 40.2 Å². The maximum Gasteiger partial charge on any atom is 0.347 e. The zero-order valence-corrected chi connectivity index (χ0v) is 11.7. The van der Waals surface area contributed by atoms with Crippen molar-refractivity contribution in [1.29, 1.82) is 0 Å². The number of benzene rings is 1.